The molecule has 1 heterocycles. The number of alkyl halides is 3. The molecule has 0 aliphatic carbocycles. The Kier molecular flexibility index (Phi) is 5.29. The van der Waals surface area contributed by atoms with Crippen LogP contribution < -0.4 is 0 Å². The molecule has 0 saturated heterocycles. The Labute approximate surface area is 142 Å². The van der Waals surface area contributed by atoms with Crippen LogP contribution in [-0.2, 0) is 17.4 Å². The van der Waals surface area contributed by atoms with Gasteiger partial charge in [-0.3, -0.25) is 4.79 Å². The minimum Gasteiger partial charge on any atom is -0.465 e. The van der Waals surface area contributed by atoms with Gasteiger partial charge in [-0.25, -0.2) is 0 Å². The summed E-state index contributed by atoms with van der Waals surface area (Å²) < 4.78 is 43.7. The highest BCUT2D eigenvalue weighted by Crippen LogP contribution is 2.35. The number of nitrogens with zero attached hydrogens (tertiary/aromatic N) is 2. The van der Waals surface area contributed by atoms with Crippen molar-refractivity contribution in [2.75, 3.05) is 0 Å². The van der Waals surface area contributed by atoms with Crippen LogP contribution in [-0.4, -0.2) is 5.78 Å². The molecule has 2 rings (SSSR count). The van der Waals surface area contributed by atoms with Crippen molar-refractivity contribution < 1.29 is 22.4 Å². The van der Waals surface area contributed by atoms with Gasteiger partial charge in [0.05, 0.1) is 30.0 Å². The van der Waals surface area contributed by atoms with E-state index >= 15 is 0 Å². The van der Waals surface area contributed by atoms with E-state index in [1.165, 1.54) is 25.1 Å². The summed E-state index contributed by atoms with van der Waals surface area (Å²) in [4.78, 5) is 11.2. The van der Waals surface area contributed by atoms with E-state index in [2.05, 4.69) is 0 Å². The summed E-state index contributed by atoms with van der Waals surface area (Å²) in [5, 5.41) is 18.4. The summed E-state index contributed by atoms with van der Waals surface area (Å²) >= 11 is 0. The van der Waals surface area contributed by atoms with E-state index in [1.54, 1.807) is 6.07 Å². The zero-order valence-electron chi connectivity index (χ0n) is 13.2. The van der Waals surface area contributed by atoms with Crippen molar-refractivity contribution >= 4 is 5.78 Å². The Balaban J connectivity index is 2.44. The lowest BCUT2D eigenvalue weighted by Crippen LogP contribution is -2.12. The zero-order chi connectivity index (χ0) is 18.6. The summed E-state index contributed by atoms with van der Waals surface area (Å²) in [6, 6.07) is 11.0. The number of Topliss-reactive ketones (excluding diaryl/α,β-unsaturated/α-hetero) is 1. The third-order valence-corrected chi connectivity index (χ3v) is 3.62. The van der Waals surface area contributed by atoms with Gasteiger partial charge >= 0.3 is 6.18 Å². The number of nitriles is 2. The van der Waals surface area contributed by atoms with E-state index in [9.17, 15) is 28.5 Å². The molecule has 7 heteroatoms. The number of furan rings is 1. The fraction of sp³-hybridized carbons (Fsp3) is 0.278. The topological polar surface area (TPSA) is 77.8 Å². The van der Waals surface area contributed by atoms with Gasteiger partial charge in [0.1, 0.15) is 23.2 Å². The van der Waals surface area contributed by atoms with Crippen molar-refractivity contribution in [3.8, 4) is 12.1 Å². The highest BCUT2D eigenvalue weighted by atomic mass is 19.4. The maximum Gasteiger partial charge on any atom is 0.416 e. The fourth-order valence-electron chi connectivity index (χ4n) is 2.48. The van der Waals surface area contributed by atoms with Gasteiger partial charge in [0.25, 0.3) is 0 Å². The highest BCUT2D eigenvalue weighted by Gasteiger charge is 2.32. The Morgan fingerprint density at radius 1 is 1.12 bits per heavy atom. The third-order valence-electron chi connectivity index (χ3n) is 3.62. The van der Waals surface area contributed by atoms with Crippen LogP contribution in [0.1, 0.15) is 35.5 Å². The van der Waals surface area contributed by atoms with Crippen molar-refractivity contribution in [3.63, 3.8) is 0 Å². The normalized spacial score (nSPS) is 12.4. The van der Waals surface area contributed by atoms with E-state index < -0.39 is 23.6 Å². The van der Waals surface area contributed by atoms with Gasteiger partial charge in [0, 0.05) is 0 Å². The van der Waals surface area contributed by atoms with Crippen molar-refractivity contribution in [2.45, 2.75) is 25.4 Å². The molecule has 0 fully saturated rings. The van der Waals surface area contributed by atoms with Crippen molar-refractivity contribution in [2.24, 2.45) is 5.92 Å². The second-order valence-corrected chi connectivity index (χ2v) is 5.52. The lowest BCUT2D eigenvalue weighted by Gasteiger charge is -2.16. The Bertz CT molecular complexity index is 825. The number of hydrogen-bond acceptors (Lipinski definition) is 4. The number of carbonyl (C=O) groups excluding carboxylic acids is 1. The molecular weight excluding hydrogens is 333 g/mol. The summed E-state index contributed by atoms with van der Waals surface area (Å²) in [7, 11) is 0. The fourth-order valence-corrected chi connectivity index (χ4v) is 2.48. The van der Waals surface area contributed by atoms with Crippen molar-refractivity contribution in [3.05, 3.63) is 59.0 Å². The van der Waals surface area contributed by atoms with Crippen LogP contribution in [0.4, 0.5) is 13.2 Å². The molecule has 0 N–H and O–H groups in total. The molecule has 1 aromatic carbocycles. The summed E-state index contributed by atoms with van der Waals surface area (Å²) in [6.07, 6.45) is -4.42. The maximum atomic E-state index is 12.7. The van der Waals surface area contributed by atoms with Crippen molar-refractivity contribution in [1.82, 2.24) is 0 Å². The monoisotopic (exact) mass is 346 g/mol. The Morgan fingerprint density at radius 2 is 1.72 bits per heavy atom. The molecule has 0 amide bonds. The van der Waals surface area contributed by atoms with E-state index in [1.807, 2.05) is 12.1 Å². The molecule has 0 unspecified atom stereocenters. The largest absolute Gasteiger partial charge is 0.465 e. The second kappa shape index (κ2) is 7.23. The zero-order valence-corrected chi connectivity index (χ0v) is 13.2. The second-order valence-electron chi connectivity index (χ2n) is 5.52. The van der Waals surface area contributed by atoms with E-state index in [0.717, 1.165) is 12.1 Å². The molecule has 1 atom stereocenters. The number of benzene rings is 1. The molecule has 1 aromatic heterocycles. The predicted octanol–water partition coefficient (Wildman–Crippen LogP) is 4.23. The molecule has 0 bridgehead atoms. The lowest BCUT2D eigenvalue weighted by molar-refractivity contribution is -0.137. The van der Waals surface area contributed by atoms with Crippen LogP contribution >= 0.6 is 0 Å². The molecule has 0 saturated carbocycles. The summed E-state index contributed by atoms with van der Waals surface area (Å²) in [6.45, 7) is 1.39. The smallest absolute Gasteiger partial charge is 0.416 e. The van der Waals surface area contributed by atoms with Crippen LogP contribution in [0, 0.1) is 28.6 Å². The quantitative estimate of drug-likeness (QED) is 0.812. The molecule has 0 aliphatic heterocycles. The van der Waals surface area contributed by atoms with Crippen LogP contribution in [0.3, 0.4) is 0 Å². The average Bonchev–Trinajstić information content (AvgIpc) is 2.99. The molecule has 0 aliphatic rings. The number of halogens is 3. The van der Waals surface area contributed by atoms with E-state index in [-0.39, 0.29) is 18.0 Å². The van der Waals surface area contributed by atoms with Gasteiger partial charge in [-0.2, -0.15) is 23.7 Å². The van der Waals surface area contributed by atoms with E-state index in [0.29, 0.717) is 11.3 Å². The first kappa shape index (κ1) is 18.3. The van der Waals surface area contributed by atoms with Gasteiger partial charge in [0.2, 0.25) is 0 Å². The standard InChI is InChI=1S/C18H13F3N2O2/c1-11(24)8-15-6-7-16(25-15)17(13(9-22)10-23)12-2-4-14(5-3-12)18(19,20)21/h2-7,13,17H,8H2,1H3/t17-/m1/s1. The number of carbonyl (C=O) groups is 1. The van der Waals surface area contributed by atoms with Crippen LogP contribution in [0.15, 0.2) is 40.8 Å². The SMILES string of the molecule is CC(=O)Cc1ccc([C@H](c2ccc(C(F)(F)F)cc2)C(C#N)C#N)o1. The minimum absolute atomic E-state index is 0.0590. The highest BCUT2D eigenvalue weighted by molar-refractivity contribution is 5.77. The van der Waals surface area contributed by atoms with Gasteiger partial charge in [-0.05, 0) is 36.8 Å². The van der Waals surface area contributed by atoms with E-state index in [4.69, 9.17) is 4.42 Å². The van der Waals surface area contributed by atoms with Crippen LogP contribution in [0.25, 0.3) is 0 Å². The lowest BCUT2D eigenvalue weighted by atomic mass is 9.85. The molecule has 0 radical (unpaired) electrons. The first-order valence-corrected chi connectivity index (χ1v) is 7.30. The molecule has 0 spiro atoms. The van der Waals surface area contributed by atoms with Crippen LogP contribution in [0.2, 0.25) is 0 Å². The van der Waals surface area contributed by atoms with Crippen LogP contribution in [0.5, 0.6) is 0 Å². The Hall–Kier alpha value is -3.06. The number of ketones is 1. The van der Waals surface area contributed by atoms with Gasteiger partial charge in [-0.1, -0.05) is 12.1 Å². The minimum atomic E-state index is -4.47. The number of hydrogen-bond donors (Lipinski definition) is 0. The molecule has 25 heavy (non-hydrogen) atoms. The maximum absolute atomic E-state index is 12.7. The molecule has 4 nitrogen and oxygen atoms in total. The predicted molar refractivity (Wildman–Crippen MR) is 81.1 cm³/mol. The average molecular weight is 346 g/mol. The summed E-state index contributed by atoms with van der Waals surface area (Å²) in [5.41, 5.74) is -0.470. The number of rotatable bonds is 5. The summed E-state index contributed by atoms with van der Waals surface area (Å²) in [5.74, 6) is -1.49. The van der Waals surface area contributed by atoms with Crippen molar-refractivity contribution in [1.29, 1.82) is 10.5 Å². The first-order chi connectivity index (χ1) is 11.8. The van der Waals surface area contributed by atoms with Gasteiger partial charge in [0.15, 0.2) is 0 Å². The molecule has 2 aromatic rings. The Morgan fingerprint density at radius 3 is 2.20 bits per heavy atom. The van der Waals surface area contributed by atoms with Gasteiger partial charge < -0.3 is 4.42 Å². The third kappa shape index (κ3) is 4.27. The van der Waals surface area contributed by atoms with Gasteiger partial charge in [-0.15, -0.1) is 0 Å². The molecular formula is C18H13F3N2O2. The molecule has 128 valence electrons. The first-order valence-electron chi connectivity index (χ1n) is 7.30.